The molecule has 1 amide bonds. The molecule has 1 aromatic rings. The Morgan fingerprint density at radius 1 is 1.50 bits per heavy atom. The Kier molecular flexibility index (Phi) is 4.49. The summed E-state index contributed by atoms with van der Waals surface area (Å²) in [6.45, 7) is 0. The van der Waals surface area contributed by atoms with Gasteiger partial charge in [-0.15, -0.1) is 11.8 Å². The molecule has 3 nitrogen and oxygen atoms in total. The van der Waals surface area contributed by atoms with Crippen molar-refractivity contribution in [2.24, 2.45) is 5.10 Å². The van der Waals surface area contributed by atoms with Crippen molar-refractivity contribution in [3.8, 4) is 0 Å². The zero-order valence-electron chi connectivity index (χ0n) is 7.53. The first-order valence-electron chi connectivity index (χ1n) is 3.84. The van der Waals surface area contributed by atoms with Gasteiger partial charge in [-0.25, -0.2) is 5.43 Å². The summed E-state index contributed by atoms with van der Waals surface area (Å²) in [5, 5.41) is 5.30. The van der Waals surface area contributed by atoms with Crippen molar-refractivity contribution in [1.82, 2.24) is 5.43 Å². The molecular formula is C9H9ClN2OS. The number of rotatable bonds is 3. The lowest BCUT2D eigenvalue weighted by molar-refractivity contribution is -0.109. The van der Waals surface area contributed by atoms with Crippen LogP contribution in [0.2, 0.25) is 5.02 Å². The molecule has 1 N–H and O–H groups in total. The monoisotopic (exact) mass is 228 g/mol. The second-order valence-electron chi connectivity index (χ2n) is 2.37. The van der Waals surface area contributed by atoms with Crippen LogP contribution in [0.4, 0.5) is 0 Å². The van der Waals surface area contributed by atoms with E-state index in [9.17, 15) is 4.79 Å². The largest absolute Gasteiger partial charge is 0.277 e. The maximum absolute atomic E-state index is 10.1. The van der Waals surface area contributed by atoms with E-state index in [1.54, 1.807) is 12.1 Å². The fourth-order valence-corrected chi connectivity index (χ4v) is 1.55. The average molecular weight is 229 g/mol. The van der Waals surface area contributed by atoms with Gasteiger partial charge in [0, 0.05) is 10.6 Å². The van der Waals surface area contributed by atoms with Crippen LogP contribution in [0.1, 0.15) is 5.56 Å². The molecule has 0 aromatic heterocycles. The summed E-state index contributed by atoms with van der Waals surface area (Å²) >= 11 is 7.20. The molecule has 0 spiro atoms. The molecule has 0 atom stereocenters. The topological polar surface area (TPSA) is 41.5 Å². The lowest BCUT2D eigenvalue weighted by Crippen LogP contribution is -2.06. The highest BCUT2D eigenvalue weighted by atomic mass is 35.5. The Morgan fingerprint density at radius 3 is 2.64 bits per heavy atom. The van der Waals surface area contributed by atoms with E-state index in [1.165, 1.54) is 11.8 Å². The van der Waals surface area contributed by atoms with E-state index in [0.29, 0.717) is 11.4 Å². The molecule has 0 saturated carbocycles. The number of nitrogens with zero attached hydrogens (tertiary/aromatic N) is 1. The van der Waals surface area contributed by atoms with E-state index < -0.39 is 0 Å². The van der Waals surface area contributed by atoms with Gasteiger partial charge in [0.15, 0.2) is 0 Å². The minimum Gasteiger partial charge on any atom is -0.277 e. The third kappa shape index (κ3) is 3.05. The highest BCUT2D eigenvalue weighted by molar-refractivity contribution is 8.13. The Bertz CT molecular complexity index is 337. The molecule has 0 aliphatic heterocycles. The van der Waals surface area contributed by atoms with Gasteiger partial charge in [0.05, 0.1) is 0 Å². The van der Waals surface area contributed by atoms with Gasteiger partial charge in [-0.2, -0.15) is 5.10 Å². The van der Waals surface area contributed by atoms with Crippen LogP contribution < -0.4 is 5.43 Å². The second kappa shape index (κ2) is 5.67. The standard InChI is InChI=1S/C9H9ClN2OS/c1-14-9(12-11-6-13)7-2-4-8(10)5-3-7/h2-6H,1H3,(H,11,13)/b12-9-. The van der Waals surface area contributed by atoms with E-state index in [0.717, 1.165) is 10.6 Å². The summed E-state index contributed by atoms with van der Waals surface area (Å²) in [7, 11) is 0. The predicted octanol–water partition coefficient (Wildman–Crippen LogP) is 2.11. The van der Waals surface area contributed by atoms with Gasteiger partial charge in [-0.05, 0) is 18.4 Å². The quantitative estimate of drug-likeness (QED) is 0.373. The Balaban J connectivity index is 2.89. The molecule has 0 saturated heterocycles. The number of thioether (sulfide) groups is 1. The number of halogens is 1. The number of carbonyl (C=O) groups is 1. The van der Waals surface area contributed by atoms with Gasteiger partial charge in [-0.1, -0.05) is 23.7 Å². The first kappa shape index (κ1) is 11.1. The van der Waals surface area contributed by atoms with E-state index in [-0.39, 0.29) is 0 Å². The molecule has 1 rings (SSSR count). The average Bonchev–Trinajstić information content (AvgIpc) is 2.21. The van der Waals surface area contributed by atoms with Crippen LogP contribution in [-0.2, 0) is 4.79 Å². The summed E-state index contributed by atoms with van der Waals surface area (Å²) in [4.78, 5) is 10.1. The van der Waals surface area contributed by atoms with Gasteiger partial charge in [0.1, 0.15) is 5.04 Å². The molecule has 5 heteroatoms. The normalized spacial score (nSPS) is 11.1. The predicted molar refractivity (Wildman–Crippen MR) is 60.7 cm³/mol. The van der Waals surface area contributed by atoms with Gasteiger partial charge >= 0.3 is 0 Å². The number of nitrogens with one attached hydrogen (secondary N) is 1. The summed E-state index contributed by atoms with van der Waals surface area (Å²) in [5.41, 5.74) is 3.19. The molecule has 0 heterocycles. The molecule has 14 heavy (non-hydrogen) atoms. The van der Waals surface area contributed by atoms with E-state index in [1.807, 2.05) is 18.4 Å². The number of hydrogen-bond acceptors (Lipinski definition) is 3. The van der Waals surface area contributed by atoms with Crippen LogP contribution in [0.5, 0.6) is 0 Å². The minimum atomic E-state index is 0.534. The Hall–Kier alpha value is -1.00. The second-order valence-corrected chi connectivity index (χ2v) is 3.61. The van der Waals surface area contributed by atoms with Crippen molar-refractivity contribution in [2.45, 2.75) is 0 Å². The van der Waals surface area contributed by atoms with Crippen molar-refractivity contribution < 1.29 is 4.79 Å². The lowest BCUT2D eigenvalue weighted by atomic mass is 10.2. The Morgan fingerprint density at radius 2 is 2.14 bits per heavy atom. The van der Waals surface area contributed by atoms with E-state index in [2.05, 4.69) is 10.5 Å². The smallest absolute Gasteiger partial charge is 0.227 e. The third-order valence-electron chi connectivity index (χ3n) is 1.50. The SMILES string of the molecule is CS/C(=N\NC=O)c1ccc(Cl)cc1. The van der Waals surface area contributed by atoms with Crippen LogP contribution >= 0.6 is 23.4 Å². The summed E-state index contributed by atoms with van der Waals surface area (Å²) in [6.07, 6.45) is 2.42. The van der Waals surface area contributed by atoms with Gasteiger partial charge in [0.25, 0.3) is 0 Å². The molecule has 74 valence electrons. The number of carbonyl (C=O) groups excluding carboxylic acids is 1. The number of hydrogen-bond donors (Lipinski definition) is 1. The highest BCUT2D eigenvalue weighted by Gasteiger charge is 2.01. The molecule has 0 aliphatic carbocycles. The first-order valence-corrected chi connectivity index (χ1v) is 5.45. The van der Waals surface area contributed by atoms with Crippen molar-refractivity contribution in [3.05, 3.63) is 34.9 Å². The zero-order valence-corrected chi connectivity index (χ0v) is 9.10. The van der Waals surface area contributed by atoms with Crippen LogP contribution in [0.25, 0.3) is 0 Å². The fourth-order valence-electron chi connectivity index (χ4n) is 0.905. The summed E-state index contributed by atoms with van der Waals surface area (Å²) in [6, 6.07) is 7.27. The van der Waals surface area contributed by atoms with Crippen LogP contribution in [0.3, 0.4) is 0 Å². The molecule has 0 bridgehead atoms. The maximum Gasteiger partial charge on any atom is 0.227 e. The Labute approximate surface area is 91.5 Å². The number of amides is 1. The summed E-state index contributed by atoms with van der Waals surface area (Å²) < 4.78 is 0. The first-order chi connectivity index (χ1) is 6.77. The lowest BCUT2D eigenvalue weighted by Gasteiger charge is -2.01. The molecular weight excluding hydrogens is 220 g/mol. The highest BCUT2D eigenvalue weighted by Crippen LogP contribution is 2.14. The molecule has 0 unspecified atom stereocenters. The number of benzene rings is 1. The van der Waals surface area contributed by atoms with Gasteiger partial charge in [-0.3, -0.25) is 4.79 Å². The molecule has 1 aromatic carbocycles. The summed E-state index contributed by atoms with van der Waals surface area (Å²) in [5.74, 6) is 0. The number of hydrazone groups is 1. The van der Waals surface area contributed by atoms with Crippen molar-refractivity contribution in [2.75, 3.05) is 6.26 Å². The molecule has 0 aliphatic rings. The maximum atomic E-state index is 10.1. The fraction of sp³-hybridized carbons (Fsp3) is 0.111. The van der Waals surface area contributed by atoms with Crippen LogP contribution in [-0.4, -0.2) is 17.7 Å². The minimum absolute atomic E-state index is 0.534. The van der Waals surface area contributed by atoms with E-state index >= 15 is 0 Å². The molecule has 0 fully saturated rings. The van der Waals surface area contributed by atoms with Gasteiger partial charge in [0.2, 0.25) is 6.41 Å². The van der Waals surface area contributed by atoms with Crippen LogP contribution in [0, 0.1) is 0 Å². The third-order valence-corrected chi connectivity index (χ3v) is 2.47. The molecule has 0 radical (unpaired) electrons. The van der Waals surface area contributed by atoms with Crippen molar-refractivity contribution in [1.29, 1.82) is 0 Å². The zero-order chi connectivity index (χ0) is 10.4. The van der Waals surface area contributed by atoms with Crippen molar-refractivity contribution in [3.63, 3.8) is 0 Å². The van der Waals surface area contributed by atoms with E-state index in [4.69, 9.17) is 11.6 Å². The van der Waals surface area contributed by atoms with Crippen LogP contribution in [0.15, 0.2) is 29.4 Å². The van der Waals surface area contributed by atoms with Crippen molar-refractivity contribution >= 4 is 34.8 Å². The van der Waals surface area contributed by atoms with Gasteiger partial charge < -0.3 is 0 Å².